The van der Waals surface area contributed by atoms with Crippen LogP contribution in [0.4, 0.5) is 13.2 Å². The summed E-state index contributed by atoms with van der Waals surface area (Å²) in [6, 6.07) is 0.869. The Bertz CT molecular complexity index is 316. The molecule has 1 heterocycles. The first-order valence-electron chi connectivity index (χ1n) is 3.49. The third-order valence-electron chi connectivity index (χ3n) is 1.56. The van der Waals surface area contributed by atoms with Gasteiger partial charge in [-0.2, -0.15) is 18.3 Å². The molecule has 0 spiro atoms. The van der Waals surface area contributed by atoms with Crippen LogP contribution in [0.1, 0.15) is 11.4 Å². The summed E-state index contributed by atoms with van der Waals surface area (Å²) < 4.78 is 37.2. The van der Waals surface area contributed by atoms with Crippen LogP contribution in [-0.4, -0.2) is 16.1 Å². The number of hydrogen-bond acceptors (Lipinski definition) is 2. The average Bonchev–Trinajstić information content (AvgIpc) is 2.32. The van der Waals surface area contributed by atoms with Crippen LogP contribution in [0.3, 0.4) is 0 Å². The fraction of sp³-hybridized carbons (Fsp3) is 0.429. The van der Waals surface area contributed by atoms with Crippen molar-refractivity contribution >= 4 is 6.29 Å². The smallest absolute Gasteiger partial charge is 0.303 e. The van der Waals surface area contributed by atoms with E-state index >= 15 is 0 Å². The highest BCUT2D eigenvalue weighted by Gasteiger charge is 2.34. The fourth-order valence-electron chi connectivity index (χ4n) is 0.921. The highest BCUT2D eigenvalue weighted by atomic mass is 19.4. The van der Waals surface area contributed by atoms with Crippen molar-refractivity contribution in [2.24, 2.45) is 7.05 Å². The van der Waals surface area contributed by atoms with E-state index in [1.54, 1.807) is 0 Å². The van der Waals surface area contributed by atoms with Gasteiger partial charge in [-0.3, -0.25) is 4.68 Å². The molecule has 0 aromatic carbocycles. The molecule has 0 bridgehead atoms. The molecule has 0 atom stereocenters. The third kappa shape index (κ3) is 2.07. The number of aldehydes is 1. The molecule has 13 heavy (non-hydrogen) atoms. The molecule has 1 rings (SSSR count). The summed E-state index contributed by atoms with van der Waals surface area (Å²) in [7, 11) is 1.37. The Kier molecular flexibility index (Phi) is 2.40. The van der Waals surface area contributed by atoms with E-state index in [1.807, 2.05) is 0 Å². The van der Waals surface area contributed by atoms with Gasteiger partial charge < -0.3 is 4.79 Å². The first-order valence-corrected chi connectivity index (χ1v) is 3.49. The number of rotatable bonds is 2. The number of carbonyl (C=O) groups excluding carboxylic acids is 1. The molecule has 0 aliphatic rings. The monoisotopic (exact) mass is 192 g/mol. The van der Waals surface area contributed by atoms with Crippen LogP contribution in [0.15, 0.2) is 6.07 Å². The van der Waals surface area contributed by atoms with Gasteiger partial charge in [0.2, 0.25) is 0 Å². The van der Waals surface area contributed by atoms with Crippen molar-refractivity contribution in [2.75, 3.05) is 0 Å². The maximum absolute atomic E-state index is 12.1. The van der Waals surface area contributed by atoms with E-state index in [1.165, 1.54) is 7.05 Å². The van der Waals surface area contributed by atoms with E-state index in [4.69, 9.17) is 0 Å². The SMILES string of the molecule is Cn1nc(C(F)(F)F)cc1CC=O. The number of hydrogen-bond donors (Lipinski definition) is 0. The van der Waals surface area contributed by atoms with Gasteiger partial charge in [0.25, 0.3) is 0 Å². The van der Waals surface area contributed by atoms with Gasteiger partial charge in [-0.1, -0.05) is 0 Å². The zero-order valence-electron chi connectivity index (χ0n) is 6.80. The number of carbonyl (C=O) groups is 1. The van der Waals surface area contributed by atoms with E-state index in [0.29, 0.717) is 6.29 Å². The summed E-state index contributed by atoms with van der Waals surface area (Å²) in [5, 5.41) is 3.23. The minimum Gasteiger partial charge on any atom is -0.303 e. The first-order chi connectivity index (χ1) is 5.95. The number of aryl methyl sites for hydroxylation is 1. The highest BCUT2D eigenvalue weighted by Crippen LogP contribution is 2.28. The number of halogens is 3. The van der Waals surface area contributed by atoms with Crippen molar-refractivity contribution < 1.29 is 18.0 Å². The van der Waals surface area contributed by atoms with Crippen LogP contribution in [-0.2, 0) is 24.4 Å². The summed E-state index contributed by atoms with van der Waals surface area (Å²) in [5.74, 6) is 0. The third-order valence-corrected chi connectivity index (χ3v) is 1.56. The van der Waals surface area contributed by atoms with Crippen LogP contribution in [0, 0.1) is 0 Å². The lowest BCUT2D eigenvalue weighted by Gasteiger charge is -1.99. The summed E-state index contributed by atoms with van der Waals surface area (Å²) >= 11 is 0. The lowest BCUT2D eigenvalue weighted by molar-refractivity contribution is -0.141. The van der Waals surface area contributed by atoms with Gasteiger partial charge in [-0.25, -0.2) is 0 Å². The molecule has 0 amide bonds. The molecular weight excluding hydrogens is 185 g/mol. The molecule has 3 nitrogen and oxygen atoms in total. The van der Waals surface area contributed by atoms with E-state index in [2.05, 4.69) is 5.10 Å². The van der Waals surface area contributed by atoms with Crippen LogP contribution in [0.25, 0.3) is 0 Å². The zero-order valence-corrected chi connectivity index (χ0v) is 6.80. The summed E-state index contributed by atoms with van der Waals surface area (Å²) in [4.78, 5) is 10.1. The molecule has 0 saturated heterocycles. The van der Waals surface area contributed by atoms with Gasteiger partial charge in [0.15, 0.2) is 5.69 Å². The molecule has 6 heteroatoms. The van der Waals surface area contributed by atoms with Crippen molar-refractivity contribution in [2.45, 2.75) is 12.6 Å². The van der Waals surface area contributed by atoms with Gasteiger partial charge in [-0.15, -0.1) is 0 Å². The van der Waals surface area contributed by atoms with E-state index in [9.17, 15) is 18.0 Å². The van der Waals surface area contributed by atoms with Crippen molar-refractivity contribution in [3.05, 3.63) is 17.5 Å². The van der Waals surface area contributed by atoms with Crippen molar-refractivity contribution in [1.29, 1.82) is 0 Å². The summed E-state index contributed by atoms with van der Waals surface area (Å²) in [6.45, 7) is 0. The van der Waals surface area contributed by atoms with Crippen molar-refractivity contribution in [3.8, 4) is 0 Å². The predicted octanol–water partition coefficient (Wildman–Crippen LogP) is 1.18. The molecule has 0 unspecified atom stereocenters. The summed E-state index contributed by atoms with van der Waals surface area (Å²) in [5.41, 5.74) is -0.714. The van der Waals surface area contributed by atoms with Gasteiger partial charge in [0, 0.05) is 19.2 Å². The first kappa shape index (κ1) is 9.76. The number of aromatic nitrogens is 2. The van der Waals surface area contributed by atoms with Crippen LogP contribution in [0.2, 0.25) is 0 Å². The molecule has 0 fully saturated rings. The number of nitrogens with zero attached hydrogens (tertiary/aromatic N) is 2. The topological polar surface area (TPSA) is 34.9 Å². The molecule has 0 aliphatic heterocycles. The Morgan fingerprint density at radius 2 is 2.23 bits per heavy atom. The van der Waals surface area contributed by atoms with Crippen molar-refractivity contribution in [1.82, 2.24) is 9.78 Å². The quantitative estimate of drug-likeness (QED) is 0.659. The maximum atomic E-state index is 12.1. The van der Waals surface area contributed by atoms with Gasteiger partial charge in [0.05, 0.1) is 0 Å². The standard InChI is InChI=1S/C7H7F3N2O/c1-12-5(2-3-13)4-6(11-12)7(8,9)10/h3-4H,2H2,1H3. The zero-order chi connectivity index (χ0) is 10.1. The molecule has 1 aromatic heterocycles. The molecule has 0 saturated carbocycles. The molecule has 0 aliphatic carbocycles. The second-order valence-electron chi connectivity index (χ2n) is 2.51. The molecule has 0 N–H and O–H groups in total. The Morgan fingerprint density at radius 3 is 2.62 bits per heavy atom. The second kappa shape index (κ2) is 3.20. The van der Waals surface area contributed by atoms with Gasteiger partial charge in [-0.05, 0) is 6.07 Å². The largest absolute Gasteiger partial charge is 0.435 e. The van der Waals surface area contributed by atoms with Crippen LogP contribution >= 0.6 is 0 Å². The average molecular weight is 192 g/mol. The Hall–Kier alpha value is -1.33. The molecule has 0 radical (unpaired) electrons. The Labute approximate surface area is 72.2 Å². The van der Waals surface area contributed by atoms with E-state index in [0.717, 1.165) is 10.7 Å². The van der Waals surface area contributed by atoms with E-state index in [-0.39, 0.29) is 12.1 Å². The number of alkyl halides is 3. The molecular formula is C7H7F3N2O. The Morgan fingerprint density at radius 1 is 1.62 bits per heavy atom. The van der Waals surface area contributed by atoms with Crippen molar-refractivity contribution in [3.63, 3.8) is 0 Å². The van der Waals surface area contributed by atoms with Crippen LogP contribution < -0.4 is 0 Å². The molecule has 72 valence electrons. The summed E-state index contributed by atoms with van der Waals surface area (Å²) in [6.07, 6.45) is -3.96. The van der Waals surface area contributed by atoms with Crippen LogP contribution in [0.5, 0.6) is 0 Å². The lowest BCUT2D eigenvalue weighted by Crippen LogP contribution is -2.06. The molecule has 1 aromatic rings. The fourth-order valence-corrected chi connectivity index (χ4v) is 0.921. The minimum absolute atomic E-state index is 0.0560. The highest BCUT2D eigenvalue weighted by molar-refractivity contribution is 5.53. The lowest BCUT2D eigenvalue weighted by atomic mass is 10.3. The normalized spacial score (nSPS) is 11.7. The maximum Gasteiger partial charge on any atom is 0.435 e. The predicted molar refractivity (Wildman–Crippen MR) is 38.0 cm³/mol. The second-order valence-corrected chi connectivity index (χ2v) is 2.51. The van der Waals surface area contributed by atoms with Gasteiger partial charge >= 0.3 is 6.18 Å². The van der Waals surface area contributed by atoms with E-state index < -0.39 is 11.9 Å². The Balaban J connectivity index is 3.01. The minimum atomic E-state index is -4.45. The van der Waals surface area contributed by atoms with Gasteiger partial charge in [0.1, 0.15) is 6.29 Å².